The lowest BCUT2D eigenvalue weighted by Gasteiger charge is -2.06. The van der Waals surface area contributed by atoms with E-state index in [0.717, 1.165) is 5.69 Å². The fraction of sp³-hybridized carbons (Fsp3) is 0.100. The van der Waals surface area contributed by atoms with Crippen molar-refractivity contribution in [3.63, 3.8) is 0 Å². The Morgan fingerprint density at radius 3 is 2.94 bits per heavy atom. The van der Waals surface area contributed by atoms with Crippen LogP contribution in [-0.2, 0) is 0 Å². The number of halogens is 1. The lowest BCUT2D eigenvalue weighted by molar-refractivity contribution is 0.913. The highest BCUT2D eigenvalue weighted by atomic mass is 35.5. The Labute approximate surface area is 96.5 Å². The maximum atomic E-state index is 11.6. The summed E-state index contributed by atoms with van der Waals surface area (Å²) < 4.78 is 1.33. The van der Waals surface area contributed by atoms with Crippen molar-refractivity contribution in [2.75, 3.05) is 5.73 Å². The predicted molar refractivity (Wildman–Crippen MR) is 61.8 cm³/mol. The molecular formula is C10H9ClN4O. The zero-order chi connectivity index (χ0) is 11.7. The van der Waals surface area contributed by atoms with E-state index >= 15 is 0 Å². The van der Waals surface area contributed by atoms with E-state index in [1.807, 2.05) is 6.92 Å². The van der Waals surface area contributed by atoms with Crippen LogP contribution in [0.25, 0.3) is 5.69 Å². The summed E-state index contributed by atoms with van der Waals surface area (Å²) in [6, 6.07) is 3.46. The number of anilines is 1. The monoisotopic (exact) mass is 236 g/mol. The SMILES string of the molecule is Cc1cc(-n2cc(Cl)c(N)nc2=O)ccn1. The number of rotatable bonds is 1. The van der Waals surface area contributed by atoms with Crippen molar-refractivity contribution in [1.29, 1.82) is 0 Å². The molecule has 5 nitrogen and oxygen atoms in total. The largest absolute Gasteiger partial charge is 0.382 e. The fourth-order valence-electron chi connectivity index (χ4n) is 1.31. The number of hydrogen-bond donors (Lipinski definition) is 1. The van der Waals surface area contributed by atoms with Gasteiger partial charge in [0, 0.05) is 18.1 Å². The van der Waals surface area contributed by atoms with Crippen LogP contribution in [0.5, 0.6) is 0 Å². The van der Waals surface area contributed by atoms with Crippen LogP contribution in [0.15, 0.2) is 29.3 Å². The molecule has 6 heteroatoms. The Balaban J connectivity index is 2.65. The number of pyridine rings is 1. The molecule has 0 fully saturated rings. The molecule has 0 aliphatic heterocycles. The topological polar surface area (TPSA) is 73.8 Å². The summed E-state index contributed by atoms with van der Waals surface area (Å²) in [6.45, 7) is 1.83. The summed E-state index contributed by atoms with van der Waals surface area (Å²) in [7, 11) is 0. The Hall–Kier alpha value is -1.88. The minimum absolute atomic E-state index is 0.0358. The van der Waals surface area contributed by atoms with Crippen LogP contribution in [0, 0.1) is 6.92 Å². The number of nitrogens with zero attached hydrogens (tertiary/aromatic N) is 3. The molecule has 0 aromatic carbocycles. The number of aromatic nitrogens is 3. The van der Waals surface area contributed by atoms with Crippen molar-refractivity contribution in [2.45, 2.75) is 6.92 Å². The molecule has 2 rings (SSSR count). The van der Waals surface area contributed by atoms with Crippen molar-refractivity contribution < 1.29 is 0 Å². The lowest BCUT2D eigenvalue weighted by atomic mass is 10.3. The third-order valence-corrected chi connectivity index (χ3v) is 2.36. The van der Waals surface area contributed by atoms with Gasteiger partial charge in [-0.1, -0.05) is 11.6 Å². The minimum Gasteiger partial charge on any atom is -0.382 e. The van der Waals surface area contributed by atoms with Crippen LogP contribution in [0.1, 0.15) is 5.69 Å². The smallest absolute Gasteiger partial charge is 0.354 e. The highest BCUT2D eigenvalue weighted by Gasteiger charge is 2.05. The number of nitrogen functional groups attached to an aromatic ring is 1. The highest BCUT2D eigenvalue weighted by Crippen LogP contribution is 2.14. The van der Waals surface area contributed by atoms with Gasteiger partial charge in [-0.3, -0.25) is 9.55 Å². The first-order valence-electron chi connectivity index (χ1n) is 4.55. The van der Waals surface area contributed by atoms with E-state index in [1.54, 1.807) is 18.3 Å². The Morgan fingerprint density at radius 1 is 1.50 bits per heavy atom. The van der Waals surface area contributed by atoms with E-state index in [4.69, 9.17) is 17.3 Å². The van der Waals surface area contributed by atoms with Crippen molar-refractivity contribution in [2.24, 2.45) is 0 Å². The summed E-state index contributed by atoms with van der Waals surface area (Å²) in [5.41, 5.74) is 6.43. The summed E-state index contributed by atoms with van der Waals surface area (Å²) in [6.07, 6.45) is 3.06. The Morgan fingerprint density at radius 2 is 2.25 bits per heavy atom. The second-order valence-corrected chi connectivity index (χ2v) is 3.69. The zero-order valence-corrected chi connectivity index (χ0v) is 9.27. The van der Waals surface area contributed by atoms with Crippen LogP contribution < -0.4 is 11.4 Å². The molecule has 0 saturated carbocycles. The van der Waals surface area contributed by atoms with Crippen LogP contribution in [-0.4, -0.2) is 14.5 Å². The van der Waals surface area contributed by atoms with Gasteiger partial charge in [-0.2, -0.15) is 4.98 Å². The van der Waals surface area contributed by atoms with Crippen LogP contribution >= 0.6 is 11.6 Å². The summed E-state index contributed by atoms with van der Waals surface area (Å²) in [5.74, 6) is 0.0358. The molecule has 0 unspecified atom stereocenters. The van der Waals surface area contributed by atoms with Crippen LogP contribution in [0.3, 0.4) is 0 Å². The second kappa shape index (κ2) is 3.94. The normalized spacial score (nSPS) is 10.4. The Kier molecular flexibility index (Phi) is 2.62. The van der Waals surface area contributed by atoms with Gasteiger partial charge >= 0.3 is 5.69 Å². The van der Waals surface area contributed by atoms with Crippen LogP contribution in [0.2, 0.25) is 5.02 Å². The maximum Gasteiger partial charge on any atom is 0.354 e. The third kappa shape index (κ3) is 1.90. The average molecular weight is 237 g/mol. The van der Waals surface area contributed by atoms with E-state index in [-0.39, 0.29) is 10.8 Å². The molecule has 16 heavy (non-hydrogen) atoms. The molecular weight excluding hydrogens is 228 g/mol. The average Bonchev–Trinajstić information content (AvgIpc) is 2.23. The van der Waals surface area contributed by atoms with Crippen molar-refractivity contribution >= 4 is 17.4 Å². The summed E-state index contributed by atoms with van der Waals surface area (Å²) >= 11 is 5.81. The van der Waals surface area contributed by atoms with Gasteiger partial charge in [0.1, 0.15) is 5.82 Å². The summed E-state index contributed by atoms with van der Waals surface area (Å²) in [4.78, 5) is 19.3. The molecule has 2 heterocycles. The number of hydrogen-bond acceptors (Lipinski definition) is 4. The van der Waals surface area contributed by atoms with E-state index < -0.39 is 5.69 Å². The molecule has 0 aliphatic carbocycles. The molecule has 2 N–H and O–H groups in total. The molecule has 0 saturated heterocycles. The van der Waals surface area contributed by atoms with Gasteiger partial charge in [-0.05, 0) is 19.1 Å². The number of aryl methyl sites for hydroxylation is 1. The molecule has 0 atom stereocenters. The van der Waals surface area contributed by atoms with Gasteiger partial charge in [-0.25, -0.2) is 4.79 Å². The van der Waals surface area contributed by atoms with E-state index in [0.29, 0.717) is 5.69 Å². The third-order valence-electron chi connectivity index (χ3n) is 2.07. The number of nitrogens with two attached hydrogens (primary N) is 1. The van der Waals surface area contributed by atoms with Gasteiger partial charge in [0.05, 0.1) is 10.7 Å². The fourth-order valence-corrected chi connectivity index (χ4v) is 1.45. The second-order valence-electron chi connectivity index (χ2n) is 3.28. The Bertz CT molecular complexity index is 594. The van der Waals surface area contributed by atoms with Crippen molar-refractivity contribution in [1.82, 2.24) is 14.5 Å². The van der Waals surface area contributed by atoms with Gasteiger partial charge in [-0.15, -0.1) is 0 Å². The van der Waals surface area contributed by atoms with E-state index in [2.05, 4.69) is 9.97 Å². The first-order valence-corrected chi connectivity index (χ1v) is 4.93. The van der Waals surface area contributed by atoms with Gasteiger partial charge in [0.25, 0.3) is 0 Å². The quantitative estimate of drug-likeness (QED) is 0.807. The lowest BCUT2D eigenvalue weighted by Crippen LogP contribution is -2.22. The van der Waals surface area contributed by atoms with Gasteiger partial charge in [0.15, 0.2) is 0 Å². The van der Waals surface area contributed by atoms with Crippen molar-refractivity contribution in [3.05, 3.63) is 45.7 Å². The highest BCUT2D eigenvalue weighted by molar-refractivity contribution is 6.32. The van der Waals surface area contributed by atoms with Gasteiger partial charge < -0.3 is 5.73 Å². The standard InChI is InChI=1S/C10H9ClN4O/c1-6-4-7(2-3-13-6)15-5-8(11)9(12)14-10(15)16/h2-5H,1H3,(H2,12,14,16). The molecule has 0 amide bonds. The van der Waals surface area contributed by atoms with E-state index in [1.165, 1.54) is 10.8 Å². The van der Waals surface area contributed by atoms with Gasteiger partial charge in [0.2, 0.25) is 0 Å². The van der Waals surface area contributed by atoms with Crippen LogP contribution in [0.4, 0.5) is 5.82 Å². The maximum absolute atomic E-state index is 11.6. The molecule has 2 aromatic heterocycles. The molecule has 0 aliphatic rings. The van der Waals surface area contributed by atoms with Crippen molar-refractivity contribution in [3.8, 4) is 5.69 Å². The predicted octanol–water partition coefficient (Wildman–Crippen LogP) is 1.17. The molecule has 0 radical (unpaired) electrons. The molecule has 82 valence electrons. The molecule has 2 aromatic rings. The first-order chi connectivity index (χ1) is 7.58. The summed E-state index contributed by atoms with van der Waals surface area (Å²) in [5, 5.41) is 0.245. The minimum atomic E-state index is -0.465. The molecule has 0 spiro atoms. The zero-order valence-electron chi connectivity index (χ0n) is 8.51. The molecule has 0 bridgehead atoms. The first kappa shape index (κ1) is 10.6. The van der Waals surface area contributed by atoms with E-state index in [9.17, 15) is 4.79 Å².